The van der Waals surface area contributed by atoms with E-state index in [4.69, 9.17) is 26.4 Å². The van der Waals surface area contributed by atoms with Crippen LogP contribution in [0.1, 0.15) is 37.9 Å². The molecule has 1 aliphatic rings. The molecule has 0 unspecified atom stereocenters. The van der Waals surface area contributed by atoms with Crippen LogP contribution in [0.3, 0.4) is 0 Å². The van der Waals surface area contributed by atoms with Gasteiger partial charge in [-0.1, -0.05) is 18.2 Å². The first kappa shape index (κ1) is 26.4. The predicted octanol–water partition coefficient (Wildman–Crippen LogP) is 2.50. The van der Waals surface area contributed by atoms with Crippen molar-refractivity contribution < 1.29 is 28.6 Å². The third-order valence-corrected chi connectivity index (χ3v) is 5.12. The van der Waals surface area contributed by atoms with Gasteiger partial charge in [-0.3, -0.25) is 9.59 Å². The van der Waals surface area contributed by atoms with Crippen LogP contribution in [0.15, 0.2) is 64.9 Å². The lowest BCUT2D eigenvalue weighted by atomic mass is 9.95. The highest BCUT2D eigenvalue weighted by atomic mass is 32.1. The third kappa shape index (κ3) is 7.12. The largest absolute Gasteiger partial charge is 0.483 e. The Morgan fingerprint density at radius 2 is 1.86 bits per heavy atom. The molecule has 1 atom stereocenters. The number of carbonyl (C=O) groups excluding carboxylic acids is 3. The van der Waals surface area contributed by atoms with E-state index in [-0.39, 0.29) is 13.2 Å². The standard InChI is InChI=1S/C25H26N4O6S/c1-4-33-24(32)22-15(2)27-25(36)28-23(22)19-7-5-6-8-20(19)34-14-21(31)29-26-13-17-9-11-18(12-10-17)35-16(3)30/h5-13,23H,4,14H2,1-3H3,(H,29,31)(H2,27,28,36)/t23-/m0/s1. The van der Waals surface area contributed by atoms with Gasteiger partial charge in [0, 0.05) is 18.2 Å². The number of nitrogens with zero attached hydrogens (tertiary/aromatic N) is 1. The zero-order valence-corrected chi connectivity index (χ0v) is 20.8. The molecule has 2 aromatic rings. The molecule has 0 bridgehead atoms. The molecule has 0 aromatic heterocycles. The van der Waals surface area contributed by atoms with E-state index in [1.807, 2.05) is 0 Å². The van der Waals surface area contributed by atoms with Crippen LogP contribution >= 0.6 is 12.2 Å². The number of carbonyl (C=O) groups is 3. The molecule has 1 heterocycles. The van der Waals surface area contributed by atoms with E-state index in [1.54, 1.807) is 62.4 Å². The van der Waals surface area contributed by atoms with E-state index in [9.17, 15) is 14.4 Å². The summed E-state index contributed by atoms with van der Waals surface area (Å²) in [7, 11) is 0. The van der Waals surface area contributed by atoms with Crippen LogP contribution in [0.2, 0.25) is 0 Å². The molecule has 0 fully saturated rings. The van der Waals surface area contributed by atoms with Gasteiger partial charge in [0.1, 0.15) is 11.5 Å². The number of benzene rings is 2. The fraction of sp³-hybridized carbons (Fsp3) is 0.240. The second-order valence-electron chi connectivity index (χ2n) is 7.57. The maximum absolute atomic E-state index is 12.6. The molecule has 2 aromatic carbocycles. The van der Waals surface area contributed by atoms with Gasteiger partial charge < -0.3 is 24.8 Å². The molecule has 36 heavy (non-hydrogen) atoms. The van der Waals surface area contributed by atoms with Crippen molar-refractivity contribution >= 4 is 41.4 Å². The van der Waals surface area contributed by atoms with Gasteiger partial charge in [-0.15, -0.1) is 0 Å². The number of hydrogen-bond acceptors (Lipinski definition) is 8. The van der Waals surface area contributed by atoms with Crippen molar-refractivity contribution in [1.29, 1.82) is 0 Å². The van der Waals surface area contributed by atoms with Crippen LogP contribution in [0.4, 0.5) is 0 Å². The second kappa shape index (κ2) is 12.5. The molecule has 1 amide bonds. The lowest BCUT2D eigenvalue weighted by Gasteiger charge is -2.30. The van der Waals surface area contributed by atoms with E-state index in [1.165, 1.54) is 13.1 Å². The first-order valence-electron chi connectivity index (χ1n) is 11.1. The summed E-state index contributed by atoms with van der Waals surface area (Å²) in [5, 5.41) is 10.3. The Balaban J connectivity index is 1.65. The zero-order valence-electron chi connectivity index (χ0n) is 20.0. The van der Waals surface area contributed by atoms with Crippen LogP contribution < -0.4 is 25.5 Å². The summed E-state index contributed by atoms with van der Waals surface area (Å²) in [6, 6.07) is 13.0. The monoisotopic (exact) mass is 510 g/mol. The summed E-state index contributed by atoms with van der Waals surface area (Å²) < 4.78 is 15.9. The van der Waals surface area contributed by atoms with Crippen molar-refractivity contribution in [2.45, 2.75) is 26.8 Å². The molecule has 0 saturated heterocycles. The van der Waals surface area contributed by atoms with Gasteiger partial charge in [-0.25, -0.2) is 10.2 Å². The van der Waals surface area contributed by atoms with Gasteiger partial charge in [0.05, 0.1) is 24.4 Å². The first-order valence-corrected chi connectivity index (χ1v) is 11.5. The van der Waals surface area contributed by atoms with E-state index in [2.05, 4.69) is 21.2 Å². The van der Waals surface area contributed by atoms with Crippen LogP contribution in [0.5, 0.6) is 11.5 Å². The van der Waals surface area contributed by atoms with Gasteiger partial charge in [0.15, 0.2) is 11.7 Å². The van der Waals surface area contributed by atoms with Gasteiger partial charge >= 0.3 is 11.9 Å². The lowest BCUT2D eigenvalue weighted by molar-refractivity contribution is -0.139. The number of esters is 2. The molecule has 0 radical (unpaired) electrons. The van der Waals surface area contributed by atoms with Crippen LogP contribution in [0.25, 0.3) is 0 Å². The first-order chi connectivity index (χ1) is 17.3. The minimum Gasteiger partial charge on any atom is -0.483 e. The number of thiocarbonyl (C=S) groups is 1. The highest BCUT2D eigenvalue weighted by Gasteiger charge is 2.32. The molecule has 0 saturated carbocycles. The van der Waals surface area contributed by atoms with Gasteiger partial charge in [-0.05, 0) is 62.0 Å². The van der Waals surface area contributed by atoms with Gasteiger partial charge in [0.25, 0.3) is 5.91 Å². The Morgan fingerprint density at radius 1 is 1.14 bits per heavy atom. The molecule has 188 valence electrons. The van der Waals surface area contributed by atoms with E-state index < -0.39 is 23.9 Å². The number of hydrogen-bond donors (Lipinski definition) is 3. The third-order valence-electron chi connectivity index (χ3n) is 4.90. The normalized spacial score (nSPS) is 15.1. The molecular weight excluding hydrogens is 484 g/mol. The molecule has 11 heteroatoms. The lowest BCUT2D eigenvalue weighted by Crippen LogP contribution is -2.45. The van der Waals surface area contributed by atoms with Crippen molar-refractivity contribution in [3.8, 4) is 11.5 Å². The van der Waals surface area contributed by atoms with Crippen LogP contribution in [-0.2, 0) is 19.1 Å². The minimum absolute atomic E-state index is 0.224. The molecule has 3 rings (SSSR count). The number of nitrogens with one attached hydrogen (secondary N) is 3. The Morgan fingerprint density at radius 3 is 2.56 bits per heavy atom. The summed E-state index contributed by atoms with van der Waals surface area (Å²) in [6.45, 7) is 4.70. The Labute approximate surface area is 213 Å². The summed E-state index contributed by atoms with van der Waals surface area (Å²) in [4.78, 5) is 35.9. The molecule has 0 spiro atoms. The van der Waals surface area contributed by atoms with Crippen molar-refractivity contribution in [1.82, 2.24) is 16.1 Å². The number of para-hydroxylation sites is 1. The van der Waals surface area contributed by atoms with Crippen LogP contribution in [-0.4, -0.2) is 42.4 Å². The van der Waals surface area contributed by atoms with Gasteiger partial charge in [-0.2, -0.15) is 5.10 Å². The fourth-order valence-corrected chi connectivity index (χ4v) is 3.67. The van der Waals surface area contributed by atoms with Gasteiger partial charge in [0.2, 0.25) is 0 Å². The predicted molar refractivity (Wildman–Crippen MR) is 136 cm³/mol. The van der Waals surface area contributed by atoms with E-state index in [0.717, 1.165) is 0 Å². The number of hydrazone groups is 1. The Kier molecular flexibility index (Phi) is 9.12. The number of rotatable bonds is 9. The topological polar surface area (TPSA) is 127 Å². The highest BCUT2D eigenvalue weighted by molar-refractivity contribution is 7.80. The summed E-state index contributed by atoms with van der Waals surface area (Å²) in [5.74, 6) is -0.563. The molecule has 3 N–H and O–H groups in total. The second-order valence-corrected chi connectivity index (χ2v) is 7.98. The average Bonchev–Trinajstić information content (AvgIpc) is 2.83. The highest BCUT2D eigenvalue weighted by Crippen LogP contribution is 2.33. The number of ether oxygens (including phenoxy) is 3. The zero-order chi connectivity index (χ0) is 26.1. The van der Waals surface area contributed by atoms with Crippen molar-refractivity contribution in [2.75, 3.05) is 13.2 Å². The SMILES string of the molecule is CCOC(=O)C1=C(C)NC(=S)N[C@H]1c1ccccc1OCC(=O)NN=Cc1ccc(OC(C)=O)cc1. The smallest absolute Gasteiger partial charge is 0.338 e. The minimum atomic E-state index is -0.620. The summed E-state index contributed by atoms with van der Waals surface area (Å²) >= 11 is 5.28. The molecule has 1 aliphatic heterocycles. The Hall–Kier alpha value is -4.25. The average molecular weight is 511 g/mol. The van der Waals surface area contributed by atoms with E-state index in [0.29, 0.717) is 39.0 Å². The summed E-state index contributed by atoms with van der Waals surface area (Å²) in [6.07, 6.45) is 1.45. The Bertz CT molecular complexity index is 1210. The van der Waals surface area contributed by atoms with Crippen LogP contribution in [0, 0.1) is 0 Å². The summed E-state index contributed by atoms with van der Waals surface area (Å²) in [5.41, 5.74) is 4.65. The number of amides is 1. The van der Waals surface area contributed by atoms with Crippen molar-refractivity contribution in [3.05, 3.63) is 70.9 Å². The number of allylic oxidation sites excluding steroid dienone is 1. The fourth-order valence-electron chi connectivity index (χ4n) is 3.40. The van der Waals surface area contributed by atoms with Crippen molar-refractivity contribution in [2.24, 2.45) is 5.10 Å². The maximum Gasteiger partial charge on any atom is 0.338 e. The molecule has 10 nitrogen and oxygen atoms in total. The molecular formula is C25H26N4O6S. The van der Waals surface area contributed by atoms with Crippen molar-refractivity contribution in [3.63, 3.8) is 0 Å². The maximum atomic E-state index is 12.6. The van der Waals surface area contributed by atoms with E-state index >= 15 is 0 Å². The molecule has 0 aliphatic carbocycles. The quantitative estimate of drug-likeness (QED) is 0.153.